The fourth-order valence-electron chi connectivity index (χ4n) is 2.09. The molecule has 1 fully saturated rings. The number of carbonyl (C=O) groups excluding carboxylic acids is 1. The molecule has 1 amide bonds. The monoisotopic (exact) mass is 316 g/mol. The first-order chi connectivity index (χ1) is 8.77. The molecule has 1 unspecified atom stereocenters. The van der Waals surface area contributed by atoms with Crippen LogP contribution in [0.15, 0.2) is 0 Å². The number of nitrogens with zero attached hydrogens (tertiary/aromatic N) is 1. The summed E-state index contributed by atoms with van der Waals surface area (Å²) in [4.78, 5) is 13.2. The zero-order valence-electron chi connectivity index (χ0n) is 11.6. The Bertz CT molecular complexity index is 468. The molecule has 0 radical (unpaired) electrons. The Morgan fingerprint density at radius 1 is 1.30 bits per heavy atom. The predicted octanol–water partition coefficient (Wildman–Crippen LogP) is 1.12. The molecule has 1 aliphatic heterocycles. The lowest BCUT2D eigenvalue weighted by molar-refractivity contribution is -0.128. The molecule has 1 atom stereocenters. The van der Waals surface area contributed by atoms with Crippen LogP contribution in [0, 0.1) is 5.41 Å². The van der Waals surface area contributed by atoms with Crippen LogP contribution >= 0.6 is 0 Å². The summed E-state index contributed by atoms with van der Waals surface area (Å²) in [5.74, 6) is -2.18. The van der Waals surface area contributed by atoms with Crippen LogP contribution in [-0.4, -0.2) is 50.3 Å². The molecule has 0 aliphatic carbocycles. The first-order valence-corrected chi connectivity index (χ1v) is 7.77. The summed E-state index contributed by atoms with van der Waals surface area (Å²) in [6.07, 6.45) is -4.90. The molecule has 0 aromatic carbocycles. The van der Waals surface area contributed by atoms with E-state index in [0.717, 1.165) is 0 Å². The predicted molar refractivity (Wildman–Crippen MR) is 67.4 cm³/mol. The van der Waals surface area contributed by atoms with Gasteiger partial charge in [-0.25, -0.2) is 13.1 Å². The number of rotatable bonds is 4. The summed E-state index contributed by atoms with van der Waals surface area (Å²) in [7, 11) is -4.47. The standard InChI is InChI=1S/C11H19F3N2O3S/c1-10(2,3)6-16-5-8(4-9(16)17)15-20(18,19)7-11(12,13)14/h8,15H,4-7H2,1-3H3. The van der Waals surface area contributed by atoms with Gasteiger partial charge in [-0.15, -0.1) is 0 Å². The van der Waals surface area contributed by atoms with E-state index in [1.54, 1.807) is 0 Å². The van der Waals surface area contributed by atoms with E-state index in [1.807, 2.05) is 25.5 Å². The molecule has 0 aromatic rings. The molecular formula is C11H19F3N2O3S. The average Bonchev–Trinajstić information content (AvgIpc) is 2.37. The number of carbonyl (C=O) groups is 1. The number of likely N-dealkylation sites (tertiary alicyclic amines) is 1. The van der Waals surface area contributed by atoms with Gasteiger partial charge in [-0.2, -0.15) is 13.2 Å². The van der Waals surface area contributed by atoms with Crippen LogP contribution in [0.5, 0.6) is 0 Å². The molecule has 0 bridgehead atoms. The lowest BCUT2D eigenvalue weighted by atomic mass is 9.96. The topological polar surface area (TPSA) is 66.5 Å². The molecule has 118 valence electrons. The number of halogens is 3. The fraction of sp³-hybridized carbons (Fsp3) is 0.909. The third kappa shape index (κ3) is 6.08. The van der Waals surface area contributed by atoms with Crippen molar-refractivity contribution in [2.24, 2.45) is 5.41 Å². The maximum absolute atomic E-state index is 12.1. The van der Waals surface area contributed by atoms with Gasteiger partial charge in [0.25, 0.3) is 0 Å². The number of nitrogens with one attached hydrogen (secondary N) is 1. The van der Waals surface area contributed by atoms with Crippen LogP contribution in [0.3, 0.4) is 0 Å². The molecule has 1 saturated heterocycles. The minimum Gasteiger partial charge on any atom is -0.341 e. The van der Waals surface area contributed by atoms with Gasteiger partial charge in [0.05, 0.1) is 0 Å². The second-order valence-corrected chi connectivity index (χ2v) is 7.98. The maximum Gasteiger partial charge on any atom is 0.404 e. The minimum absolute atomic E-state index is 0.104. The van der Waals surface area contributed by atoms with Gasteiger partial charge < -0.3 is 4.90 Å². The molecule has 0 aromatic heterocycles. The molecule has 0 spiro atoms. The second-order valence-electron chi connectivity index (χ2n) is 6.23. The molecule has 5 nitrogen and oxygen atoms in total. The van der Waals surface area contributed by atoms with Crippen LogP contribution in [0.25, 0.3) is 0 Å². The molecule has 1 heterocycles. The average molecular weight is 316 g/mol. The largest absolute Gasteiger partial charge is 0.404 e. The van der Waals surface area contributed by atoms with Crippen molar-refractivity contribution in [2.75, 3.05) is 18.8 Å². The van der Waals surface area contributed by atoms with E-state index in [-0.39, 0.29) is 24.3 Å². The minimum atomic E-state index is -4.79. The van der Waals surface area contributed by atoms with Crippen molar-refractivity contribution < 1.29 is 26.4 Å². The Kier molecular flexibility index (Phi) is 4.75. The highest BCUT2D eigenvalue weighted by molar-refractivity contribution is 7.89. The van der Waals surface area contributed by atoms with Gasteiger partial charge >= 0.3 is 6.18 Å². The van der Waals surface area contributed by atoms with E-state index in [1.165, 1.54) is 4.90 Å². The third-order valence-electron chi connectivity index (χ3n) is 2.58. The molecule has 1 rings (SSSR count). The van der Waals surface area contributed by atoms with Crippen LogP contribution in [0.1, 0.15) is 27.2 Å². The van der Waals surface area contributed by atoms with Crippen LogP contribution in [0.2, 0.25) is 0 Å². The van der Waals surface area contributed by atoms with Crippen molar-refractivity contribution in [3.8, 4) is 0 Å². The Morgan fingerprint density at radius 2 is 1.85 bits per heavy atom. The normalized spacial score (nSPS) is 21.6. The molecule has 1 N–H and O–H groups in total. The van der Waals surface area contributed by atoms with Crippen molar-refractivity contribution in [1.82, 2.24) is 9.62 Å². The number of alkyl halides is 3. The smallest absolute Gasteiger partial charge is 0.341 e. The van der Waals surface area contributed by atoms with Crippen molar-refractivity contribution >= 4 is 15.9 Å². The lowest BCUT2D eigenvalue weighted by Crippen LogP contribution is -2.42. The van der Waals surface area contributed by atoms with Crippen LogP contribution in [-0.2, 0) is 14.8 Å². The molecule has 1 aliphatic rings. The van der Waals surface area contributed by atoms with Crippen molar-refractivity contribution in [2.45, 2.75) is 39.4 Å². The first kappa shape index (κ1) is 17.2. The van der Waals surface area contributed by atoms with Gasteiger partial charge in [-0.3, -0.25) is 4.79 Å². The van der Waals surface area contributed by atoms with Gasteiger partial charge in [-0.05, 0) is 5.41 Å². The zero-order chi connectivity index (χ0) is 15.8. The van der Waals surface area contributed by atoms with E-state index in [0.29, 0.717) is 6.54 Å². The van der Waals surface area contributed by atoms with E-state index in [9.17, 15) is 26.4 Å². The summed E-state index contributed by atoms with van der Waals surface area (Å²) in [6.45, 7) is 6.29. The second kappa shape index (κ2) is 5.51. The summed E-state index contributed by atoms with van der Waals surface area (Å²) in [6, 6.07) is -0.794. The number of hydrogen-bond donors (Lipinski definition) is 1. The van der Waals surface area contributed by atoms with Crippen molar-refractivity contribution in [3.63, 3.8) is 0 Å². The summed E-state index contributed by atoms with van der Waals surface area (Å²) in [5, 5.41) is 0. The summed E-state index contributed by atoms with van der Waals surface area (Å²) in [5.41, 5.74) is -0.157. The van der Waals surface area contributed by atoms with Crippen LogP contribution < -0.4 is 4.72 Å². The molecule has 20 heavy (non-hydrogen) atoms. The Balaban J connectivity index is 2.62. The molecule has 0 saturated carbocycles. The highest BCUT2D eigenvalue weighted by Crippen LogP contribution is 2.22. The first-order valence-electron chi connectivity index (χ1n) is 6.12. The number of hydrogen-bond acceptors (Lipinski definition) is 3. The van der Waals surface area contributed by atoms with E-state index in [2.05, 4.69) is 0 Å². The van der Waals surface area contributed by atoms with E-state index < -0.39 is 28.0 Å². The Morgan fingerprint density at radius 3 is 2.30 bits per heavy atom. The van der Waals surface area contributed by atoms with Gasteiger partial charge in [-0.1, -0.05) is 20.8 Å². The van der Waals surface area contributed by atoms with Gasteiger partial charge in [0.2, 0.25) is 15.9 Å². The third-order valence-corrected chi connectivity index (χ3v) is 3.98. The summed E-state index contributed by atoms with van der Waals surface area (Å²) < 4.78 is 60.9. The van der Waals surface area contributed by atoms with Gasteiger partial charge in [0.1, 0.15) is 0 Å². The fourth-order valence-corrected chi connectivity index (χ4v) is 3.27. The zero-order valence-corrected chi connectivity index (χ0v) is 12.4. The van der Waals surface area contributed by atoms with Gasteiger partial charge in [0, 0.05) is 25.6 Å². The SMILES string of the molecule is CC(C)(C)CN1CC(NS(=O)(=O)CC(F)(F)F)CC1=O. The number of amides is 1. The number of sulfonamides is 1. The molecule has 9 heteroatoms. The van der Waals surface area contributed by atoms with E-state index in [4.69, 9.17) is 0 Å². The highest BCUT2D eigenvalue weighted by atomic mass is 32.2. The molecular weight excluding hydrogens is 297 g/mol. The Labute approximate surface area is 116 Å². The van der Waals surface area contributed by atoms with Crippen LogP contribution in [0.4, 0.5) is 13.2 Å². The van der Waals surface area contributed by atoms with E-state index >= 15 is 0 Å². The summed E-state index contributed by atoms with van der Waals surface area (Å²) >= 11 is 0. The van der Waals surface area contributed by atoms with Crippen molar-refractivity contribution in [3.05, 3.63) is 0 Å². The maximum atomic E-state index is 12.1. The van der Waals surface area contributed by atoms with Gasteiger partial charge in [0.15, 0.2) is 5.75 Å². The quantitative estimate of drug-likeness (QED) is 0.845. The van der Waals surface area contributed by atoms with Crippen molar-refractivity contribution in [1.29, 1.82) is 0 Å². The highest BCUT2D eigenvalue weighted by Gasteiger charge is 2.39. The Hall–Kier alpha value is -0.830. The lowest BCUT2D eigenvalue weighted by Gasteiger charge is -2.26.